The fraction of sp³-hybridized carbons (Fsp3) is 0.176. The van der Waals surface area contributed by atoms with E-state index in [1.165, 1.54) is 35.3 Å². The summed E-state index contributed by atoms with van der Waals surface area (Å²) in [5, 5.41) is 8.92. The molecule has 0 saturated carbocycles. The van der Waals surface area contributed by atoms with Crippen LogP contribution >= 0.6 is 0 Å². The Morgan fingerprint density at radius 3 is 2.52 bits per heavy atom. The molecule has 4 rings (SSSR count). The molecule has 0 aromatic heterocycles. The van der Waals surface area contributed by atoms with Crippen molar-refractivity contribution < 1.29 is 18.4 Å². The molecule has 2 heterocycles. The number of fused-ring (bicyclic) bond motifs is 1. The van der Waals surface area contributed by atoms with E-state index >= 15 is 0 Å². The van der Waals surface area contributed by atoms with Crippen molar-refractivity contribution in [2.75, 3.05) is 9.91 Å². The second-order valence-electron chi connectivity index (χ2n) is 5.86. The third kappa shape index (κ3) is 2.29. The van der Waals surface area contributed by atoms with Gasteiger partial charge in [-0.15, -0.1) is 0 Å². The van der Waals surface area contributed by atoms with Crippen molar-refractivity contribution in [3.8, 4) is 0 Å². The fourth-order valence-corrected chi connectivity index (χ4v) is 2.97. The molecular weight excluding hydrogens is 330 g/mol. The number of rotatable bonds is 2. The van der Waals surface area contributed by atoms with Gasteiger partial charge in [-0.05, 0) is 42.8 Å². The molecule has 2 aromatic rings. The Bertz CT molecular complexity index is 931. The van der Waals surface area contributed by atoms with Crippen molar-refractivity contribution in [3.05, 3.63) is 59.7 Å². The minimum atomic E-state index is -1.03. The number of carbonyl (C=O) groups excluding carboxylic acids is 2. The summed E-state index contributed by atoms with van der Waals surface area (Å²) in [6.07, 6.45) is 0. The number of carbonyl (C=O) groups is 2. The van der Waals surface area contributed by atoms with E-state index in [-0.39, 0.29) is 5.69 Å². The quantitative estimate of drug-likeness (QED) is 0.788. The molecule has 6 nitrogen and oxygen atoms in total. The first-order valence-electron chi connectivity index (χ1n) is 7.57. The largest absolute Gasteiger partial charge is 0.271 e. The van der Waals surface area contributed by atoms with Crippen LogP contribution in [-0.2, 0) is 9.59 Å². The van der Waals surface area contributed by atoms with Gasteiger partial charge in [0, 0.05) is 0 Å². The van der Waals surface area contributed by atoms with Gasteiger partial charge in [0.2, 0.25) is 0 Å². The van der Waals surface area contributed by atoms with Crippen molar-refractivity contribution in [3.63, 3.8) is 0 Å². The molecule has 2 atom stereocenters. The summed E-state index contributed by atoms with van der Waals surface area (Å²) in [7, 11) is 0. The molecule has 0 N–H and O–H groups in total. The Kier molecular flexibility index (Phi) is 3.34. The maximum Gasteiger partial charge on any atom is 0.263 e. The number of amides is 2. The number of hydrogen-bond donors (Lipinski definition) is 0. The molecule has 2 aliphatic rings. The summed E-state index contributed by atoms with van der Waals surface area (Å²) in [6, 6.07) is 7.60. The zero-order chi connectivity index (χ0) is 17.7. The van der Waals surface area contributed by atoms with Crippen molar-refractivity contribution >= 4 is 23.2 Å². The van der Waals surface area contributed by atoms with Crippen LogP contribution in [0.1, 0.15) is 5.56 Å². The molecule has 1 saturated heterocycles. The molecule has 1 fully saturated rings. The number of imide groups is 1. The maximum atomic E-state index is 13.8. The third-order valence-corrected chi connectivity index (χ3v) is 4.27. The van der Waals surface area contributed by atoms with Crippen molar-refractivity contribution in [1.82, 2.24) is 0 Å². The van der Waals surface area contributed by atoms with Crippen molar-refractivity contribution in [2.24, 2.45) is 10.3 Å². The topological polar surface area (TPSA) is 65.3 Å². The standard InChI is InChI=1S/C17H12F2N4O2/c1-9-5-6-11(8-13(9)19)22-16(24)14-15(17(22)25)23(21-20-14)12-4-2-3-10(18)7-12/h2-8,14-15H,1H3/t14-,15-/m0/s1. The van der Waals surface area contributed by atoms with Crippen molar-refractivity contribution in [1.29, 1.82) is 0 Å². The van der Waals surface area contributed by atoms with Gasteiger partial charge in [-0.3, -0.25) is 9.59 Å². The first kappa shape index (κ1) is 15.4. The maximum absolute atomic E-state index is 13.8. The lowest BCUT2D eigenvalue weighted by molar-refractivity contribution is -0.121. The van der Waals surface area contributed by atoms with Gasteiger partial charge in [0.1, 0.15) is 11.6 Å². The molecule has 2 amide bonds. The number of hydrogen-bond acceptors (Lipinski definition) is 5. The second kappa shape index (κ2) is 5.44. The van der Waals surface area contributed by atoms with Crippen molar-refractivity contribution in [2.45, 2.75) is 19.0 Å². The van der Waals surface area contributed by atoms with Crippen LogP contribution in [-0.4, -0.2) is 23.9 Å². The highest BCUT2D eigenvalue weighted by Crippen LogP contribution is 2.35. The van der Waals surface area contributed by atoms with Crippen LogP contribution in [0, 0.1) is 18.6 Å². The van der Waals surface area contributed by atoms with E-state index < -0.39 is 35.5 Å². The van der Waals surface area contributed by atoms with Gasteiger partial charge in [-0.1, -0.05) is 17.4 Å². The summed E-state index contributed by atoms with van der Waals surface area (Å²) in [6.45, 7) is 1.58. The third-order valence-electron chi connectivity index (χ3n) is 4.27. The van der Waals surface area contributed by atoms with Crippen LogP contribution in [0.2, 0.25) is 0 Å². The van der Waals surface area contributed by atoms with Crippen LogP contribution in [0.15, 0.2) is 52.8 Å². The van der Waals surface area contributed by atoms with E-state index in [0.717, 1.165) is 11.0 Å². The molecule has 0 aliphatic carbocycles. The van der Waals surface area contributed by atoms with E-state index in [0.29, 0.717) is 11.3 Å². The lowest BCUT2D eigenvalue weighted by atomic mass is 10.1. The van der Waals surface area contributed by atoms with Gasteiger partial charge in [0.25, 0.3) is 11.8 Å². The highest BCUT2D eigenvalue weighted by molar-refractivity contribution is 6.26. The molecule has 0 spiro atoms. The van der Waals surface area contributed by atoms with Crippen LogP contribution in [0.25, 0.3) is 0 Å². The van der Waals surface area contributed by atoms with E-state index in [1.54, 1.807) is 13.0 Å². The molecule has 0 radical (unpaired) electrons. The lowest BCUT2D eigenvalue weighted by Gasteiger charge is -2.20. The molecule has 0 bridgehead atoms. The normalized spacial score (nSPS) is 22.0. The molecule has 0 unspecified atom stereocenters. The Labute approximate surface area is 141 Å². The monoisotopic (exact) mass is 342 g/mol. The first-order valence-corrected chi connectivity index (χ1v) is 7.57. The minimum absolute atomic E-state index is 0.141. The van der Waals surface area contributed by atoms with Gasteiger partial charge in [0.15, 0.2) is 12.1 Å². The molecule has 25 heavy (non-hydrogen) atoms. The number of aryl methyl sites for hydroxylation is 1. The van der Waals surface area contributed by atoms with Gasteiger partial charge < -0.3 is 0 Å². The Hall–Kier alpha value is -3.16. The first-order chi connectivity index (χ1) is 12.0. The SMILES string of the molecule is Cc1ccc(N2C(=O)[C@H]3N=NN(c4cccc(F)c4)[C@@H]3C2=O)cc1F. The summed E-state index contributed by atoms with van der Waals surface area (Å²) in [5.41, 5.74) is 0.861. The Balaban J connectivity index is 1.71. The number of halogens is 2. The van der Waals surface area contributed by atoms with Gasteiger partial charge >= 0.3 is 0 Å². The van der Waals surface area contributed by atoms with Gasteiger partial charge in [-0.2, -0.15) is 5.11 Å². The highest BCUT2D eigenvalue weighted by Gasteiger charge is 2.55. The van der Waals surface area contributed by atoms with E-state index in [4.69, 9.17) is 0 Å². The van der Waals surface area contributed by atoms with Gasteiger partial charge in [0.05, 0.1) is 11.4 Å². The predicted molar refractivity (Wildman–Crippen MR) is 84.9 cm³/mol. The summed E-state index contributed by atoms with van der Waals surface area (Å²) in [4.78, 5) is 26.3. The highest BCUT2D eigenvalue weighted by atomic mass is 19.1. The zero-order valence-corrected chi connectivity index (χ0v) is 13.1. The zero-order valence-electron chi connectivity index (χ0n) is 13.1. The Morgan fingerprint density at radius 2 is 1.80 bits per heavy atom. The van der Waals surface area contributed by atoms with E-state index in [1.807, 2.05) is 0 Å². The average Bonchev–Trinajstić information content (AvgIpc) is 3.12. The average molecular weight is 342 g/mol. The van der Waals surface area contributed by atoms with Crippen LogP contribution < -0.4 is 9.91 Å². The van der Waals surface area contributed by atoms with Crippen LogP contribution in [0.5, 0.6) is 0 Å². The minimum Gasteiger partial charge on any atom is -0.271 e. The fourth-order valence-electron chi connectivity index (χ4n) is 2.97. The molecular formula is C17H12F2N4O2. The second-order valence-corrected chi connectivity index (χ2v) is 5.86. The number of benzene rings is 2. The van der Waals surface area contributed by atoms with Gasteiger partial charge in [-0.25, -0.2) is 18.7 Å². The summed E-state index contributed by atoms with van der Waals surface area (Å²) in [5.74, 6) is -2.17. The lowest BCUT2D eigenvalue weighted by Crippen LogP contribution is -2.40. The summed E-state index contributed by atoms with van der Waals surface area (Å²) < 4.78 is 27.3. The summed E-state index contributed by atoms with van der Waals surface area (Å²) >= 11 is 0. The Morgan fingerprint density at radius 1 is 1.00 bits per heavy atom. The van der Waals surface area contributed by atoms with E-state index in [9.17, 15) is 18.4 Å². The van der Waals surface area contributed by atoms with Crippen LogP contribution in [0.4, 0.5) is 20.2 Å². The number of nitrogens with zero attached hydrogens (tertiary/aromatic N) is 4. The molecule has 2 aliphatic heterocycles. The van der Waals surface area contributed by atoms with Crippen LogP contribution in [0.3, 0.4) is 0 Å². The smallest absolute Gasteiger partial charge is 0.263 e. The van der Waals surface area contributed by atoms with E-state index in [2.05, 4.69) is 10.3 Å². The molecule has 2 aromatic carbocycles. The number of anilines is 2. The molecule has 126 valence electrons. The molecule has 8 heteroatoms. The predicted octanol–water partition coefficient (Wildman–Crippen LogP) is 2.77.